The molecular weight excluding hydrogens is 344 g/mol. The average molecular weight is 370 g/mol. The lowest BCUT2D eigenvalue weighted by molar-refractivity contribution is -0.143. The minimum absolute atomic E-state index is 0.00238. The number of carboxylic acid groups (broad SMARTS) is 1. The molecule has 3 fully saturated rings. The van der Waals surface area contributed by atoms with E-state index in [1.807, 2.05) is 37.3 Å². The Bertz CT molecular complexity index is 746. The van der Waals surface area contributed by atoms with Crippen molar-refractivity contribution >= 4 is 17.8 Å². The summed E-state index contributed by atoms with van der Waals surface area (Å²) in [6.07, 6.45) is 2.36. The first-order valence-electron chi connectivity index (χ1n) is 9.81. The van der Waals surface area contributed by atoms with Crippen LogP contribution >= 0.6 is 0 Å². The summed E-state index contributed by atoms with van der Waals surface area (Å²) in [5.74, 6) is -1.16. The maximum atomic E-state index is 13.0. The second kappa shape index (κ2) is 6.98. The number of hydrogen-bond acceptors (Lipinski definition) is 3. The Morgan fingerprint density at radius 1 is 1.11 bits per heavy atom. The van der Waals surface area contributed by atoms with Gasteiger partial charge in [-0.3, -0.25) is 14.4 Å². The van der Waals surface area contributed by atoms with E-state index < -0.39 is 11.9 Å². The molecule has 2 unspecified atom stereocenters. The Labute approximate surface area is 159 Å². The van der Waals surface area contributed by atoms with Gasteiger partial charge >= 0.3 is 5.97 Å². The lowest BCUT2D eigenvalue weighted by atomic mass is 9.92. The van der Waals surface area contributed by atoms with Crippen molar-refractivity contribution in [1.29, 1.82) is 0 Å². The van der Waals surface area contributed by atoms with E-state index in [2.05, 4.69) is 0 Å². The Kier molecular flexibility index (Phi) is 4.66. The van der Waals surface area contributed by atoms with Gasteiger partial charge in [0.1, 0.15) is 0 Å². The molecule has 0 radical (unpaired) electrons. The fourth-order valence-corrected chi connectivity index (χ4v) is 4.71. The predicted octanol–water partition coefficient (Wildman–Crippen LogP) is 2.17. The Morgan fingerprint density at radius 2 is 1.81 bits per heavy atom. The summed E-state index contributed by atoms with van der Waals surface area (Å²) in [6, 6.07) is 9.75. The fraction of sp³-hybridized carbons (Fsp3) is 0.571. The molecule has 2 aliphatic heterocycles. The number of aliphatic carboxylic acids is 1. The summed E-state index contributed by atoms with van der Waals surface area (Å²) in [6.45, 7) is 3.21. The van der Waals surface area contributed by atoms with E-state index in [9.17, 15) is 19.5 Å². The van der Waals surface area contributed by atoms with Crippen molar-refractivity contribution in [3.63, 3.8) is 0 Å². The molecule has 1 saturated carbocycles. The van der Waals surface area contributed by atoms with Crippen LogP contribution < -0.4 is 0 Å². The van der Waals surface area contributed by atoms with Crippen LogP contribution in [0, 0.1) is 23.7 Å². The number of amides is 2. The van der Waals surface area contributed by atoms with Crippen LogP contribution in [0.2, 0.25) is 0 Å². The molecule has 6 heteroatoms. The largest absolute Gasteiger partial charge is 0.481 e. The zero-order valence-corrected chi connectivity index (χ0v) is 15.6. The minimum atomic E-state index is -0.802. The number of carbonyl (C=O) groups is 3. The first-order chi connectivity index (χ1) is 13.0. The molecule has 2 heterocycles. The number of likely N-dealkylation sites (tertiary alicyclic amines) is 2. The van der Waals surface area contributed by atoms with Gasteiger partial charge in [0.15, 0.2) is 0 Å². The van der Waals surface area contributed by atoms with Crippen molar-refractivity contribution in [3.05, 3.63) is 35.9 Å². The minimum Gasteiger partial charge on any atom is -0.481 e. The predicted molar refractivity (Wildman–Crippen MR) is 98.6 cm³/mol. The molecule has 144 valence electrons. The van der Waals surface area contributed by atoms with Crippen LogP contribution in [0.4, 0.5) is 0 Å². The van der Waals surface area contributed by atoms with Gasteiger partial charge in [-0.05, 0) is 37.2 Å². The summed E-state index contributed by atoms with van der Waals surface area (Å²) in [7, 11) is 0. The van der Waals surface area contributed by atoms with Crippen molar-refractivity contribution in [2.45, 2.75) is 32.2 Å². The molecule has 3 aliphatic rings. The van der Waals surface area contributed by atoms with Gasteiger partial charge in [0.05, 0.1) is 17.9 Å². The van der Waals surface area contributed by atoms with E-state index in [1.54, 1.807) is 9.80 Å². The summed E-state index contributed by atoms with van der Waals surface area (Å²) in [5.41, 5.74) is 1.06. The second-order valence-corrected chi connectivity index (χ2v) is 8.22. The van der Waals surface area contributed by atoms with Gasteiger partial charge in [-0.2, -0.15) is 0 Å². The van der Waals surface area contributed by atoms with Crippen LogP contribution in [0.15, 0.2) is 30.3 Å². The van der Waals surface area contributed by atoms with Crippen LogP contribution in [-0.4, -0.2) is 52.3 Å². The van der Waals surface area contributed by atoms with Crippen molar-refractivity contribution in [1.82, 2.24) is 9.80 Å². The third kappa shape index (κ3) is 3.45. The van der Waals surface area contributed by atoms with Crippen molar-refractivity contribution < 1.29 is 19.5 Å². The summed E-state index contributed by atoms with van der Waals surface area (Å²) < 4.78 is 0. The molecule has 0 spiro atoms. The van der Waals surface area contributed by atoms with E-state index in [0.717, 1.165) is 18.4 Å². The molecule has 0 aromatic heterocycles. The smallest absolute Gasteiger partial charge is 0.308 e. The zero-order chi connectivity index (χ0) is 19.1. The SMILES string of the molecule is CC(c1ccccc1)N1CC(C(=O)N2C[C@H](C(=O)O)[C@@H](C3CC3)C2)CC1=O. The maximum absolute atomic E-state index is 13.0. The van der Waals surface area contributed by atoms with Crippen molar-refractivity contribution in [2.75, 3.05) is 19.6 Å². The monoisotopic (exact) mass is 370 g/mol. The molecule has 1 aromatic carbocycles. The quantitative estimate of drug-likeness (QED) is 0.862. The van der Waals surface area contributed by atoms with E-state index >= 15 is 0 Å². The Morgan fingerprint density at radius 3 is 2.44 bits per heavy atom. The Hall–Kier alpha value is -2.37. The van der Waals surface area contributed by atoms with E-state index in [1.165, 1.54) is 0 Å². The molecule has 4 atom stereocenters. The number of hydrogen-bond donors (Lipinski definition) is 1. The highest BCUT2D eigenvalue weighted by atomic mass is 16.4. The van der Waals surface area contributed by atoms with Gasteiger partial charge in [0.2, 0.25) is 11.8 Å². The van der Waals surface area contributed by atoms with E-state index in [4.69, 9.17) is 0 Å². The molecular formula is C21H26N2O4. The molecule has 1 aromatic rings. The molecule has 1 aliphatic carbocycles. The topological polar surface area (TPSA) is 77.9 Å². The van der Waals surface area contributed by atoms with Crippen molar-refractivity contribution in [2.24, 2.45) is 23.7 Å². The van der Waals surface area contributed by atoms with Crippen LogP contribution in [0.5, 0.6) is 0 Å². The lowest BCUT2D eigenvalue weighted by Crippen LogP contribution is -2.37. The van der Waals surface area contributed by atoms with Gasteiger partial charge in [0, 0.05) is 26.1 Å². The average Bonchev–Trinajstić information content (AvgIpc) is 3.29. The van der Waals surface area contributed by atoms with Crippen LogP contribution in [0.25, 0.3) is 0 Å². The highest BCUT2D eigenvalue weighted by Gasteiger charge is 2.48. The van der Waals surface area contributed by atoms with Crippen molar-refractivity contribution in [3.8, 4) is 0 Å². The molecule has 27 heavy (non-hydrogen) atoms. The summed E-state index contributed by atoms with van der Waals surface area (Å²) in [5, 5.41) is 9.51. The summed E-state index contributed by atoms with van der Waals surface area (Å²) in [4.78, 5) is 40.6. The van der Waals surface area contributed by atoms with Crippen LogP contribution in [-0.2, 0) is 14.4 Å². The van der Waals surface area contributed by atoms with Crippen LogP contribution in [0.3, 0.4) is 0 Å². The second-order valence-electron chi connectivity index (χ2n) is 8.22. The Balaban J connectivity index is 1.43. The highest BCUT2D eigenvalue weighted by molar-refractivity contribution is 5.90. The molecule has 2 amide bonds. The zero-order valence-electron chi connectivity index (χ0n) is 15.6. The molecule has 4 rings (SSSR count). The third-order valence-electron chi connectivity index (χ3n) is 6.48. The summed E-state index contributed by atoms with van der Waals surface area (Å²) >= 11 is 0. The van der Waals surface area contributed by atoms with E-state index in [-0.39, 0.29) is 42.7 Å². The molecule has 1 N–H and O–H groups in total. The number of benzene rings is 1. The first-order valence-corrected chi connectivity index (χ1v) is 9.81. The third-order valence-corrected chi connectivity index (χ3v) is 6.48. The van der Waals surface area contributed by atoms with Gasteiger partial charge in [-0.15, -0.1) is 0 Å². The van der Waals surface area contributed by atoms with Gasteiger partial charge in [-0.25, -0.2) is 0 Å². The molecule has 0 bridgehead atoms. The highest BCUT2D eigenvalue weighted by Crippen LogP contribution is 2.44. The number of rotatable bonds is 5. The normalized spacial score (nSPS) is 29.2. The van der Waals surface area contributed by atoms with Gasteiger partial charge in [-0.1, -0.05) is 30.3 Å². The fourth-order valence-electron chi connectivity index (χ4n) is 4.71. The van der Waals surface area contributed by atoms with Gasteiger partial charge < -0.3 is 14.9 Å². The number of carbonyl (C=O) groups excluding carboxylic acids is 2. The number of nitrogens with zero attached hydrogens (tertiary/aromatic N) is 2. The first kappa shape index (κ1) is 18.0. The molecule has 2 saturated heterocycles. The maximum Gasteiger partial charge on any atom is 0.308 e. The van der Waals surface area contributed by atoms with Gasteiger partial charge in [0.25, 0.3) is 0 Å². The van der Waals surface area contributed by atoms with E-state index in [0.29, 0.717) is 19.0 Å². The molecule has 6 nitrogen and oxygen atoms in total. The number of carboxylic acids is 1. The lowest BCUT2D eigenvalue weighted by Gasteiger charge is -2.26. The standard InChI is InChI=1S/C21H26N2O4/c1-13(14-5-3-2-4-6-14)23-10-16(9-19(23)24)20(25)22-11-17(15-7-8-15)18(12-22)21(26)27/h2-6,13,15-18H,7-12H2,1H3,(H,26,27)/t13?,16?,17-,18+/m1/s1. The van der Waals surface area contributed by atoms with Crippen LogP contribution in [0.1, 0.15) is 37.8 Å².